The van der Waals surface area contributed by atoms with Crippen LogP contribution in [0.3, 0.4) is 0 Å². The molecule has 1 aromatic carbocycles. The minimum absolute atomic E-state index is 0.358. The number of carbonyl (C=O) groups is 1. The maximum atomic E-state index is 13.2. The number of rotatable bonds is 8. The first-order valence-electron chi connectivity index (χ1n) is 8.24. The van der Waals surface area contributed by atoms with Crippen LogP contribution in [0.25, 0.3) is 0 Å². The zero-order chi connectivity index (χ0) is 18.4. The quantitative estimate of drug-likeness (QED) is 0.678. The molecule has 0 saturated carbocycles. The van der Waals surface area contributed by atoms with E-state index in [1.165, 1.54) is 29.5 Å². The fraction of sp³-hybridized carbons (Fsp3) is 0.412. The van der Waals surface area contributed by atoms with Gasteiger partial charge in [0.05, 0.1) is 0 Å². The number of nitrogens with zero attached hydrogens (tertiary/aromatic N) is 2. The highest BCUT2D eigenvalue weighted by Crippen LogP contribution is 2.24. The van der Waals surface area contributed by atoms with Gasteiger partial charge in [0.2, 0.25) is 0 Å². The lowest BCUT2D eigenvalue weighted by Gasteiger charge is -2.18. The van der Waals surface area contributed by atoms with Crippen LogP contribution in [-0.4, -0.2) is 35.0 Å². The minimum Gasteiger partial charge on any atom is -0.384 e. The van der Waals surface area contributed by atoms with Crippen molar-refractivity contribution < 1.29 is 9.18 Å². The first kappa shape index (κ1) is 19.6. The fourth-order valence-corrected chi connectivity index (χ4v) is 3.81. The van der Waals surface area contributed by atoms with Crippen LogP contribution in [0.4, 0.5) is 15.9 Å². The van der Waals surface area contributed by atoms with E-state index in [1.54, 1.807) is 10.6 Å². The molecule has 0 fully saturated rings. The maximum Gasteiger partial charge on any atom is 0.269 e. The summed E-state index contributed by atoms with van der Waals surface area (Å²) in [4.78, 5) is 15.1. The number of halogens is 1. The van der Waals surface area contributed by atoms with Gasteiger partial charge in [0.15, 0.2) is 3.95 Å². The Morgan fingerprint density at radius 2 is 2.12 bits per heavy atom. The molecule has 0 aliphatic carbocycles. The Morgan fingerprint density at radius 1 is 1.40 bits per heavy atom. The highest BCUT2D eigenvalue weighted by atomic mass is 32.1. The molecule has 2 rings (SSSR count). The van der Waals surface area contributed by atoms with Gasteiger partial charge < -0.3 is 20.5 Å². The summed E-state index contributed by atoms with van der Waals surface area (Å²) in [6, 6.07) is 5.74. The Bertz CT molecular complexity index is 783. The molecule has 0 bridgehead atoms. The summed E-state index contributed by atoms with van der Waals surface area (Å²) >= 11 is 6.52. The van der Waals surface area contributed by atoms with E-state index in [4.69, 9.17) is 18.0 Å². The normalized spacial score (nSPS) is 11.0. The zero-order valence-electron chi connectivity index (χ0n) is 14.4. The third-order valence-corrected chi connectivity index (χ3v) is 5.44. The standard InChI is InChI=1S/C17H23FN4OS2/c1-3-21(4-2)9-6-10-22-15(19)14(25-17(22)24)16(23)20-13-8-5-7-12(18)11-13/h5,7-8,11H,3-4,6,9-10,19H2,1-2H3,(H,20,23). The van der Waals surface area contributed by atoms with Gasteiger partial charge >= 0.3 is 0 Å². The number of benzene rings is 1. The molecule has 1 aromatic heterocycles. The van der Waals surface area contributed by atoms with Crippen molar-refractivity contribution in [1.82, 2.24) is 9.47 Å². The highest BCUT2D eigenvalue weighted by Gasteiger charge is 2.17. The average Bonchev–Trinajstić information content (AvgIpc) is 2.86. The Balaban J connectivity index is 2.07. The van der Waals surface area contributed by atoms with Gasteiger partial charge in [-0.05, 0) is 56.5 Å². The van der Waals surface area contributed by atoms with Crippen molar-refractivity contribution in [3.63, 3.8) is 0 Å². The third-order valence-electron chi connectivity index (χ3n) is 3.97. The molecule has 0 unspecified atom stereocenters. The summed E-state index contributed by atoms with van der Waals surface area (Å²) in [5, 5.41) is 2.66. The smallest absolute Gasteiger partial charge is 0.269 e. The molecule has 8 heteroatoms. The van der Waals surface area contributed by atoms with Crippen molar-refractivity contribution in [2.24, 2.45) is 0 Å². The van der Waals surface area contributed by atoms with Crippen molar-refractivity contribution in [3.05, 3.63) is 38.9 Å². The van der Waals surface area contributed by atoms with Crippen LogP contribution in [0.5, 0.6) is 0 Å². The van der Waals surface area contributed by atoms with Crippen LogP contribution in [0, 0.1) is 9.77 Å². The monoisotopic (exact) mass is 382 g/mol. The van der Waals surface area contributed by atoms with Gasteiger partial charge in [0, 0.05) is 12.2 Å². The van der Waals surface area contributed by atoms with E-state index in [0.717, 1.165) is 26.1 Å². The molecule has 1 heterocycles. The number of aromatic nitrogens is 1. The van der Waals surface area contributed by atoms with Crippen LogP contribution in [0.1, 0.15) is 29.9 Å². The molecule has 1 amide bonds. The van der Waals surface area contributed by atoms with Gasteiger partial charge in [0.1, 0.15) is 16.5 Å². The van der Waals surface area contributed by atoms with Crippen molar-refractivity contribution in [1.29, 1.82) is 0 Å². The first-order valence-corrected chi connectivity index (χ1v) is 9.47. The van der Waals surface area contributed by atoms with Gasteiger partial charge in [0.25, 0.3) is 5.91 Å². The van der Waals surface area contributed by atoms with Crippen LogP contribution in [0.15, 0.2) is 24.3 Å². The number of anilines is 2. The van der Waals surface area contributed by atoms with E-state index in [2.05, 4.69) is 24.1 Å². The number of nitrogens with two attached hydrogens (primary N) is 1. The summed E-state index contributed by atoms with van der Waals surface area (Å²) < 4.78 is 15.6. The summed E-state index contributed by atoms with van der Waals surface area (Å²) in [6.07, 6.45) is 0.905. The van der Waals surface area contributed by atoms with E-state index < -0.39 is 5.82 Å². The molecule has 0 spiro atoms. The average molecular weight is 383 g/mol. The topological polar surface area (TPSA) is 63.3 Å². The summed E-state index contributed by atoms with van der Waals surface area (Å²) in [5.74, 6) is -0.419. The zero-order valence-corrected chi connectivity index (χ0v) is 16.1. The van der Waals surface area contributed by atoms with E-state index in [0.29, 0.717) is 26.9 Å². The number of nitrogen functional groups attached to an aromatic ring is 1. The van der Waals surface area contributed by atoms with Gasteiger partial charge in [-0.3, -0.25) is 4.79 Å². The molecule has 136 valence electrons. The number of thiazole rings is 1. The number of hydrogen-bond acceptors (Lipinski definition) is 5. The largest absolute Gasteiger partial charge is 0.384 e. The predicted molar refractivity (Wildman–Crippen MR) is 104 cm³/mol. The molecule has 0 aliphatic rings. The van der Waals surface area contributed by atoms with Crippen LogP contribution in [-0.2, 0) is 6.54 Å². The highest BCUT2D eigenvalue weighted by molar-refractivity contribution is 7.73. The minimum atomic E-state index is -0.410. The van der Waals surface area contributed by atoms with Crippen molar-refractivity contribution >= 4 is 41.0 Å². The fourth-order valence-electron chi connectivity index (χ4n) is 2.54. The number of amides is 1. The van der Waals surface area contributed by atoms with Gasteiger partial charge in [-0.2, -0.15) is 0 Å². The molecular weight excluding hydrogens is 359 g/mol. The number of carbonyl (C=O) groups excluding carboxylic acids is 1. The third kappa shape index (κ3) is 5.10. The molecular formula is C17H23FN4OS2. The molecule has 2 aromatic rings. The Kier molecular flexibility index (Phi) is 7.10. The Labute approximate surface area is 156 Å². The molecule has 0 radical (unpaired) electrons. The molecule has 0 atom stereocenters. The molecule has 0 aliphatic heterocycles. The number of hydrogen-bond donors (Lipinski definition) is 2. The van der Waals surface area contributed by atoms with Gasteiger partial charge in [-0.1, -0.05) is 31.3 Å². The van der Waals surface area contributed by atoms with Gasteiger partial charge in [-0.25, -0.2) is 4.39 Å². The maximum absolute atomic E-state index is 13.2. The van der Waals surface area contributed by atoms with Crippen molar-refractivity contribution in [3.8, 4) is 0 Å². The molecule has 25 heavy (non-hydrogen) atoms. The van der Waals surface area contributed by atoms with E-state index >= 15 is 0 Å². The Hall–Kier alpha value is -1.77. The van der Waals surface area contributed by atoms with E-state index in [-0.39, 0.29) is 5.91 Å². The lowest BCUT2D eigenvalue weighted by molar-refractivity contribution is 0.103. The second-order valence-corrected chi connectivity index (χ2v) is 7.22. The first-order chi connectivity index (χ1) is 12.0. The summed E-state index contributed by atoms with van der Waals surface area (Å²) in [7, 11) is 0. The van der Waals surface area contributed by atoms with Gasteiger partial charge in [-0.15, -0.1) is 0 Å². The predicted octanol–water partition coefficient (Wildman–Crippen LogP) is 3.98. The van der Waals surface area contributed by atoms with Crippen LogP contribution >= 0.6 is 23.6 Å². The lowest BCUT2D eigenvalue weighted by Crippen LogP contribution is -2.25. The van der Waals surface area contributed by atoms with E-state index in [1.807, 2.05) is 0 Å². The molecule has 5 nitrogen and oxygen atoms in total. The summed E-state index contributed by atoms with van der Waals surface area (Å²) in [6.45, 7) is 7.89. The lowest BCUT2D eigenvalue weighted by atomic mass is 10.3. The molecule has 0 saturated heterocycles. The second kappa shape index (κ2) is 9.07. The number of nitrogens with one attached hydrogen (secondary N) is 1. The van der Waals surface area contributed by atoms with Crippen LogP contribution < -0.4 is 11.1 Å². The SMILES string of the molecule is CCN(CC)CCCn1c(N)c(C(=O)Nc2cccc(F)c2)sc1=S. The van der Waals surface area contributed by atoms with E-state index in [9.17, 15) is 9.18 Å². The van der Waals surface area contributed by atoms with Crippen molar-refractivity contribution in [2.75, 3.05) is 30.7 Å². The molecule has 3 N–H and O–H groups in total. The van der Waals surface area contributed by atoms with Crippen LogP contribution in [0.2, 0.25) is 0 Å². The summed E-state index contributed by atoms with van der Waals surface area (Å²) in [5.41, 5.74) is 6.51. The van der Waals surface area contributed by atoms with Crippen molar-refractivity contribution in [2.45, 2.75) is 26.8 Å². The second-order valence-electron chi connectivity index (χ2n) is 5.58. The Morgan fingerprint density at radius 3 is 2.76 bits per heavy atom.